The standard InChI is InChI=1S/C18H19N5O3/c1-12-5-6-16-13(8-12)15(4-3-7-26-16)23(25-2)18(24)14-10-22-11-20-21-17(22)9-19-14/h5-6,8-11,15H,3-4,7H2,1-2H3. The maximum Gasteiger partial charge on any atom is 0.298 e. The number of hydrogen-bond acceptors (Lipinski definition) is 6. The molecule has 2 aromatic heterocycles. The number of rotatable bonds is 3. The lowest BCUT2D eigenvalue weighted by Crippen LogP contribution is -2.34. The molecule has 8 heteroatoms. The van der Waals surface area contributed by atoms with E-state index in [0.29, 0.717) is 12.3 Å². The number of hydrogen-bond donors (Lipinski definition) is 0. The smallest absolute Gasteiger partial charge is 0.298 e. The molecule has 0 radical (unpaired) electrons. The van der Waals surface area contributed by atoms with Crippen LogP contribution in [0, 0.1) is 6.92 Å². The molecule has 0 aliphatic carbocycles. The molecule has 3 aromatic rings. The van der Waals surface area contributed by atoms with Crippen LogP contribution in [0.2, 0.25) is 0 Å². The Labute approximate surface area is 150 Å². The van der Waals surface area contributed by atoms with E-state index in [-0.39, 0.29) is 17.6 Å². The van der Waals surface area contributed by atoms with Crippen LogP contribution in [-0.2, 0) is 4.84 Å². The number of hydroxylamine groups is 2. The van der Waals surface area contributed by atoms with Gasteiger partial charge in [-0.15, -0.1) is 10.2 Å². The van der Waals surface area contributed by atoms with Crippen LogP contribution < -0.4 is 4.74 Å². The summed E-state index contributed by atoms with van der Waals surface area (Å²) in [5.41, 5.74) is 2.89. The minimum Gasteiger partial charge on any atom is -0.493 e. The molecule has 0 saturated heterocycles. The largest absolute Gasteiger partial charge is 0.493 e. The lowest BCUT2D eigenvalue weighted by Gasteiger charge is -2.29. The Morgan fingerprint density at radius 1 is 1.42 bits per heavy atom. The van der Waals surface area contributed by atoms with Gasteiger partial charge in [0.1, 0.15) is 17.8 Å². The molecule has 0 N–H and O–H groups in total. The molecule has 0 spiro atoms. The predicted octanol–water partition coefficient (Wildman–Crippen LogP) is 2.35. The lowest BCUT2D eigenvalue weighted by atomic mass is 9.99. The van der Waals surface area contributed by atoms with Crippen molar-refractivity contribution in [3.05, 3.63) is 53.7 Å². The summed E-state index contributed by atoms with van der Waals surface area (Å²) in [5.74, 6) is 0.470. The van der Waals surface area contributed by atoms with Crippen molar-refractivity contribution in [2.75, 3.05) is 13.7 Å². The van der Waals surface area contributed by atoms with E-state index in [9.17, 15) is 4.79 Å². The summed E-state index contributed by atoms with van der Waals surface area (Å²) in [6.45, 7) is 2.63. The Morgan fingerprint density at radius 3 is 3.15 bits per heavy atom. The number of aromatic nitrogens is 4. The Bertz CT molecular complexity index is 955. The van der Waals surface area contributed by atoms with E-state index in [2.05, 4.69) is 15.2 Å². The first-order chi connectivity index (χ1) is 12.7. The van der Waals surface area contributed by atoms with Crippen LogP contribution in [0.15, 0.2) is 36.9 Å². The van der Waals surface area contributed by atoms with Crippen molar-refractivity contribution in [3.63, 3.8) is 0 Å². The summed E-state index contributed by atoms with van der Waals surface area (Å²) in [6.07, 6.45) is 6.22. The Balaban J connectivity index is 1.72. The van der Waals surface area contributed by atoms with Gasteiger partial charge in [0, 0.05) is 11.8 Å². The van der Waals surface area contributed by atoms with Gasteiger partial charge in [0.2, 0.25) is 0 Å². The highest BCUT2D eigenvalue weighted by molar-refractivity contribution is 5.91. The lowest BCUT2D eigenvalue weighted by molar-refractivity contribution is -0.126. The third-order valence-corrected chi connectivity index (χ3v) is 4.48. The molecule has 8 nitrogen and oxygen atoms in total. The molecule has 1 amide bonds. The van der Waals surface area contributed by atoms with Gasteiger partial charge >= 0.3 is 0 Å². The quantitative estimate of drug-likeness (QED) is 0.672. The monoisotopic (exact) mass is 353 g/mol. The van der Waals surface area contributed by atoms with Gasteiger partial charge in [0.25, 0.3) is 5.91 Å². The molecule has 3 heterocycles. The van der Waals surface area contributed by atoms with E-state index in [0.717, 1.165) is 29.7 Å². The first-order valence-corrected chi connectivity index (χ1v) is 8.44. The minimum atomic E-state index is -0.317. The molecular formula is C18H19N5O3. The van der Waals surface area contributed by atoms with Crippen LogP contribution in [0.25, 0.3) is 5.65 Å². The van der Waals surface area contributed by atoms with Crippen molar-refractivity contribution in [1.29, 1.82) is 0 Å². The summed E-state index contributed by atoms with van der Waals surface area (Å²) in [4.78, 5) is 22.8. The molecular weight excluding hydrogens is 334 g/mol. The average molecular weight is 353 g/mol. The van der Waals surface area contributed by atoms with Gasteiger partial charge in [-0.05, 0) is 25.8 Å². The second-order valence-corrected chi connectivity index (χ2v) is 6.23. The van der Waals surface area contributed by atoms with E-state index in [1.165, 1.54) is 24.7 Å². The first-order valence-electron chi connectivity index (χ1n) is 8.44. The predicted molar refractivity (Wildman–Crippen MR) is 92.6 cm³/mol. The van der Waals surface area contributed by atoms with Crippen LogP contribution in [0.5, 0.6) is 5.75 Å². The fourth-order valence-corrected chi connectivity index (χ4v) is 3.23. The Morgan fingerprint density at radius 2 is 2.31 bits per heavy atom. The number of ether oxygens (including phenoxy) is 1. The maximum absolute atomic E-state index is 13.1. The highest BCUT2D eigenvalue weighted by Gasteiger charge is 2.31. The zero-order valence-electron chi connectivity index (χ0n) is 14.6. The summed E-state index contributed by atoms with van der Waals surface area (Å²) in [6, 6.07) is 5.74. The zero-order chi connectivity index (χ0) is 18.1. The highest BCUT2D eigenvalue weighted by Crippen LogP contribution is 2.36. The van der Waals surface area contributed by atoms with Gasteiger partial charge in [-0.3, -0.25) is 14.0 Å². The van der Waals surface area contributed by atoms with E-state index in [1.54, 1.807) is 10.6 Å². The van der Waals surface area contributed by atoms with E-state index < -0.39 is 0 Å². The van der Waals surface area contributed by atoms with Gasteiger partial charge in [0.05, 0.1) is 26.0 Å². The average Bonchev–Trinajstić information content (AvgIpc) is 3.03. The molecule has 1 aromatic carbocycles. The Hall–Kier alpha value is -3.00. The molecule has 1 atom stereocenters. The Kier molecular flexibility index (Phi) is 4.26. The van der Waals surface area contributed by atoms with E-state index in [4.69, 9.17) is 9.57 Å². The SMILES string of the molecule is CON(C(=O)c1cn2cnnc2cn1)C1CCCOc2ccc(C)cc21. The molecule has 1 unspecified atom stereocenters. The molecule has 1 aliphatic heterocycles. The second-order valence-electron chi connectivity index (χ2n) is 6.23. The third-order valence-electron chi connectivity index (χ3n) is 4.48. The number of benzene rings is 1. The van der Waals surface area contributed by atoms with E-state index >= 15 is 0 Å². The van der Waals surface area contributed by atoms with Crippen LogP contribution >= 0.6 is 0 Å². The maximum atomic E-state index is 13.1. The third kappa shape index (κ3) is 2.88. The number of aryl methyl sites for hydroxylation is 1. The van der Waals surface area contributed by atoms with E-state index in [1.807, 2.05) is 25.1 Å². The fraction of sp³-hybridized carbons (Fsp3) is 0.333. The first kappa shape index (κ1) is 16.5. The molecule has 0 fully saturated rings. The van der Waals surface area contributed by atoms with Crippen LogP contribution in [0.1, 0.15) is 40.5 Å². The molecule has 0 bridgehead atoms. The summed E-state index contributed by atoms with van der Waals surface area (Å²) in [5, 5.41) is 9.09. The molecule has 0 saturated carbocycles. The second kappa shape index (κ2) is 6.72. The topological polar surface area (TPSA) is 81.9 Å². The zero-order valence-corrected chi connectivity index (χ0v) is 14.6. The van der Waals surface area contributed by atoms with Crippen LogP contribution in [0.3, 0.4) is 0 Å². The van der Waals surface area contributed by atoms with Crippen molar-refractivity contribution in [2.45, 2.75) is 25.8 Å². The summed E-state index contributed by atoms with van der Waals surface area (Å²) < 4.78 is 7.49. The molecule has 134 valence electrons. The van der Waals surface area contributed by atoms with Gasteiger partial charge in [-0.1, -0.05) is 17.7 Å². The molecule has 1 aliphatic rings. The number of nitrogens with zero attached hydrogens (tertiary/aromatic N) is 5. The van der Waals surface area contributed by atoms with Crippen molar-refractivity contribution in [2.24, 2.45) is 0 Å². The van der Waals surface area contributed by atoms with Gasteiger partial charge in [-0.25, -0.2) is 10.0 Å². The van der Waals surface area contributed by atoms with Crippen molar-refractivity contribution in [1.82, 2.24) is 24.6 Å². The molecule has 26 heavy (non-hydrogen) atoms. The van der Waals surface area contributed by atoms with Crippen molar-refractivity contribution < 1.29 is 14.4 Å². The number of amides is 1. The van der Waals surface area contributed by atoms with Crippen LogP contribution in [-0.4, -0.2) is 44.3 Å². The van der Waals surface area contributed by atoms with Gasteiger partial charge < -0.3 is 4.74 Å². The van der Waals surface area contributed by atoms with Crippen molar-refractivity contribution in [3.8, 4) is 5.75 Å². The fourth-order valence-electron chi connectivity index (χ4n) is 3.23. The normalized spacial score (nSPS) is 16.6. The summed E-state index contributed by atoms with van der Waals surface area (Å²) in [7, 11) is 1.50. The minimum absolute atomic E-state index is 0.247. The summed E-state index contributed by atoms with van der Waals surface area (Å²) >= 11 is 0. The highest BCUT2D eigenvalue weighted by atomic mass is 16.7. The van der Waals surface area contributed by atoms with Gasteiger partial charge in [0.15, 0.2) is 5.65 Å². The number of fused-ring (bicyclic) bond motifs is 2. The van der Waals surface area contributed by atoms with Gasteiger partial charge in [-0.2, -0.15) is 0 Å². The number of carbonyl (C=O) groups is 1. The van der Waals surface area contributed by atoms with Crippen molar-refractivity contribution >= 4 is 11.6 Å². The van der Waals surface area contributed by atoms with Crippen LogP contribution in [0.4, 0.5) is 0 Å². The molecule has 4 rings (SSSR count). The number of carbonyl (C=O) groups excluding carboxylic acids is 1.